The monoisotopic (exact) mass is 221 g/mol. The van der Waals surface area contributed by atoms with Crippen molar-refractivity contribution in [3.8, 4) is 0 Å². The van der Waals surface area contributed by atoms with Crippen molar-refractivity contribution < 1.29 is 9.90 Å². The van der Waals surface area contributed by atoms with E-state index in [2.05, 4.69) is 5.10 Å². The van der Waals surface area contributed by atoms with Gasteiger partial charge in [0.05, 0.1) is 24.8 Å². The summed E-state index contributed by atoms with van der Waals surface area (Å²) in [7, 11) is 1.79. The van der Waals surface area contributed by atoms with Crippen LogP contribution in [0.25, 0.3) is 0 Å². The van der Waals surface area contributed by atoms with Crippen LogP contribution in [0, 0.1) is 5.92 Å². The van der Waals surface area contributed by atoms with E-state index in [0.29, 0.717) is 24.6 Å². The van der Waals surface area contributed by atoms with Gasteiger partial charge in [0.2, 0.25) is 0 Å². The molecule has 1 aromatic rings. The van der Waals surface area contributed by atoms with Gasteiger partial charge in [-0.1, -0.05) is 0 Å². The van der Waals surface area contributed by atoms with Gasteiger partial charge in [-0.15, -0.1) is 0 Å². The highest BCUT2D eigenvalue weighted by atomic mass is 16.3. The fourth-order valence-corrected chi connectivity index (χ4v) is 2.35. The maximum Gasteiger partial charge on any atom is 0.257 e. The molecule has 0 atom stereocenters. The van der Waals surface area contributed by atoms with Gasteiger partial charge in [-0.25, -0.2) is 0 Å². The van der Waals surface area contributed by atoms with Crippen LogP contribution >= 0.6 is 0 Å². The Labute approximate surface area is 93.7 Å². The first kappa shape index (κ1) is 9.84. The average molecular weight is 221 g/mol. The molecule has 1 aliphatic heterocycles. The minimum Gasteiger partial charge on any atom is -0.386 e. The van der Waals surface area contributed by atoms with Gasteiger partial charge >= 0.3 is 0 Å². The van der Waals surface area contributed by atoms with Crippen LogP contribution in [0.2, 0.25) is 0 Å². The first-order valence-corrected chi connectivity index (χ1v) is 5.59. The summed E-state index contributed by atoms with van der Waals surface area (Å²) in [5, 5.41) is 14.1. The highest BCUT2D eigenvalue weighted by Gasteiger charge is 2.53. The molecule has 2 aliphatic rings. The summed E-state index contributed by atoms with van der Waals surface area (Å²) in [4.78, 5) is 13.6. The number of aryl methyl sites for hydroxylation is 1. The number of nitrogens with zero attached hydrogens (tertiary/aromatic N) is 3. The quantitative estimate of drug-likeness (QED) is 0.765. The first-order valence-electron chi connectivity index (χ1n) is 5.59. The van der Waals surface area contributed by atoms with E-state index in [1.807, 2.05) is 0 Å². The Balaban J connectivity index is 1.66. The summed E-state index contributed by atoms with van der Waals surface area (Å²) in [5.41, 5.74) is -0.00179. The van der Waals surface area contributed by atoms with Crippen LogP contribution in [0.5, 0.6) is 0 Å². The smallest absolute Gasteiger partial charge is 0.257 e. The van der Waals surface area contributed by atoms with Crippen molar-refractivity contribution >= 4 is 5.91 Å². The third kappa shape index (κ3) is 1.43. The van der Waals surface area contributed by atoms with E-state index in [1.54, 1.807) is 29.0 Å². The van der Waals surface area contributed by atoms with Crippen molar-refractivity contribution in [2.45, 2.75) is 18.4 Å². The van der Waals surface area contributed by atoms with Gasteiger partial charge in [-0.3, -0.25) is 9.48 Å². The Hall–Kier alpha value is -1.36. The van der Waals surface area contributed by atoms with E-state index in [9.17, 15) is 9.90 Å². The normalized spacial score (nSPS) is 23.0. The molecule has 5 nitrogen and oxygen atoms in total. The number of aromatic nitrogens is 2. The van der Waals surface area contributed by atoms with E-state index in [-0.39, 0.29) is 5.91 Å². The second-order valence-corrected chi connectivity index (χ2v) is 4.94. The van der Waals surface area contributed by atoms with Gasteiger partial charge < -0.3 is 10.0 Å². The highest BCUT2D eigenvalue weighted by molar-refractivity contribution is 5.94. The molecule has 0 spiro atoms. The Kier molecular flexibility index (Phi) is 1.89. The zero-order chi connectivity index (χ0) is 11.3. The first-order chi connectivity index (χ1) is 7.58. The molecule has 0 unspecified atom stereocenters. The lowest BCUT2D eigenvalue weighted by molar-refractivity contribution is -0.0958. The van der Waals surface area contributed by atoms with E-state index in [4.69, 9.17) is 0 Å². The van der Waals surface area contributed by atoms with Crippen molar-refractivity contribution in [1.82, 2.24) is 14.7 Å². The van der Waals surface area contributed by atoms with Crippen LogP contribution in [0.3, 0.4) is 0 Å². The van der Waals surface area contributed by atoms with Crippen molar-refractivity contribution in [3.63, 3.8) is 0 Å². The standard InChI is InChI=1S/C11H15N3O2/c1-13-5-8(4-12-13)10(15)14-6-11(16,7-14)9-2-3-9/h4-5,9,16H,2-3,6-7H2,1H3. The average Bonchev–Trinajstić information content (AvgIpc) is 2.96. The highest BCUT2D eigenvalue weighted by Crippen LogP contribution is 2.44. The zero-order valence-electron chi connectivity index (χ0n) is 9.26. The van der Waals surface area contributed by atoms with Gasteiger partial charge in [0, 0.05) is 13.2 Å². The number of aliphatic hydroxyl groups is 1. The molecule has 86 valence electrons. The molecule has 2 heterocycles. The second-order valence-electron chi connectivity index (χ2n) is 4.94. The molecule has 1 aromatic heterocycles. The fourth-order valence-electron chi connectivity index (χ4n) is 2.35. The van der Waals surface area contributed by atoms with Crippen LogP contribution in [0.1, 0.15) is 23.2 Å². The molecule has 2 fully saturated rings. The van der Waals surface area contributed by atoms with Crippen LogP contribution in [-0.2, 0) is 7.05 Å². The maximum atomic E-state index is 11.9. The van der Waals surface area contributed by atoms with Crippen LogP contribution in [-0.4, -0.2) is 44.4 Å². The molecular weight excluding hydrogens is 206 g/mol. The lowest BCUT2D eigenvalue weighted by Crippen LogP contribution is -2.64. The second kappa shape index (κ2) is 3.07. The maximum absolute atomic E-state index is 11.9. The van der Waals surface area contributed by atoms with Crippen molar-refractivity contribution in [3.05, 3.63) is 18.0 Å². The molecule has 5 heteroatoms. The van der Waals surface area contributed by atoms with Crippen LogP contribution in [0.4, 0.5) is 0 Å². The minimum absolute atomic E-state index is 0.0292. The zero-order valence-corrected chi connectivity index (χ0v) is 9.26. The number of carbonyl (C=O) groups excluding carboxylic acids is 1. The molecule has 0 radical (unpaired) electrons. The van der Waals surface area contributed by atoms with E-state index < -0.39 is 5.60 Å². The van der Waals surface area contributed by atoms with Crippen LogP contribution in [0.15, 0.2) is 12.4 Å². The number of β-amino-alcohol motifs (C(OH)–C–C–N with tert-alkyl or cyclic N) is 1. The van der Waals surface area contributed by atoms with E-state index in [0.717, 1.165) is 12.8 Å². The Morgan fingerprint density at radius 2 is 2.25 bits per heavy atom. The summed E-state index contributed by atoms with van der Waals surface area (Å²) in [6.07, 6.45) is 5.48. The molecule has 1 aliphatic carbocycles. The third-order valence-corrected chi connectivity index (χ3v) is 3.51. The molecular formula is C11H15N3O2. The molecule has 1 saturated carbocycles. The van der Waals surface area contributed by atoms with Crippen molar-refractivity contribution in [2.24, 2.45) is 13.0 Å². The van der Waals surface area contributed by atoms with Gasteiger partial charge in [0.1, 0.15) is 5.60 Å². The molecule has 16 heavy (non-hydrogen) atoms. The SMILES string of the molecule is Cn1cc(C(=O)N2CC(O)(C3CC3)C2)cn1. The lowest BCUT2D eigenvalue weighted by Gasteiger charge is -2.46. The molecule has 3 rings (SSSR count). The summed E-state index contributed by atoms with van der Waals surface area (Å²) >= 11 is 0. The van der Waals surface area contributed by atoms with Gasteiger partial charge in [0.15, 0.2) is 0 Å². The van der Waals surface area contributed by atoms with Gasteiger partial charge in [-0.2, -0.15) is 5.10 Å². The Morgan fingerprint density at radius 1 is 1.56 bits per heavy atom. The predicted molar refractivity (Wildman–Crippen MR) is 56.8 cm³/mol. The number of rotatable bonds is 2. The number of amides is 1. The van der Waals surface area contributed by atoms with Crippen molar-refractivity contribution in [2.75, 3.05) is 13.1 Å². The van der Waals surface area contributed by atoms with E-state index in [1.165, 1.54) is 0 Å². The Morgan fingerprint density at radius 3 is 2.75 bits per heavy atom. The van der Waals surface area contributed by atoms with E-state index >= 15 is 0 Å². The molecule has 0 bridgehead atoms. The number of hydrogen-bond donors (Lipinski definition) is 1. The van der Waals surface area contributed by atoms with Gasteiger partial charge in [-0.05, 0) is 18.8 Å². The topological polar surface area (TPSA) is 58.4 Å². The van der Waals surface area contributed by atoms with Gasteiger partial charge in [0.25, 0.3) is 5.91 Å². The molecule has 1 N–H and O–H groups in total. The minimum atomic E-state index is -0.599. The fraction of sp³-hybridized carbons (Fsp3) is 0.636. The Bertz CT molecular complexity index is 430. The predicted octanol–water partition coefficient (Wildman–Crippen LogP) is 0.0170. The summed E-state index contributed by atoms with van der Waals surface area (Å²) < 4.78 is 1.61. The number of likely N-dealkylation sites (tertiary alicyclic amines) is 1. The largest absolute Gasteiger partial charge is 0.386 e. The van der Waals surface area contributed by atoms with Crippen molar-refractivity contribution in [1.29, 1.82) is 0 Å². The molecule has 1 saturated heterocycles. The molecule has 1 amide bonds. The third-order valence-electron chi connectivity index (χ3n) is 3.51. The molecule has 0 aromatic carbocycles. The lowest BCUT2D eigenvalue weighted by atomic mass is 9.88. The number of carbonyl (C=O) groups is 1. The summed E-state index contributed by atoms with van der Waals surface area (Å²) in [6.45, 7) is 0.955. The van der Waals surface area contributed by atoms with Crippen LogP contribution < -0.4 is 0 Å². The summed E-state index contributed by atoms with van der Waals surface area (Å²) in [6, 6.07) is 0. The summed E-state index contributed by atoms with van der Waals surface area (Å²) in [5.74, 6) is 0.392. The number of hydrogen-bond acceptors (Lipinski definition) is 3.